The zero-order valence-corrected chi connectivity index (χ0v) is 12.9. The van der Waals surface area contributed by atoms with Gasteiger partial charge in [0.05, 0.1) is 28.5 Å². The Balaban J connectivity index is 1.98. The van der Waals surface area contributed by atoms with E-state index in [-0.39, 0.29) is 0 Å². The molecule has 0 fully saturated rings. The second-order valence-corrected chi connectivity index (χ2v) is 5.79. The molecule has 5 heteroatoms. The summed E-state index contributed by atoms with van der Waals surface area (Å²) in [5.41, 5.74) is 2.56. The third-order valence-corrected chi connectivity index (χ3v) is 3.91. The van der Waals surface area contributed by atoms with E-state index >= 15 is 0 Å². The maximum atomic E-state index is 12.2. The molecule has 2 heterocycles. The number of para-hydroxylation sites is 1. The van der Waals surface area contributed by atoms with Crippen molar-refractivity contribution in [2.24, 2.45) is 0 Å². The fourth-order valence-corrected chi connectivity index (χ4v) is 2.70. The highest BCUT2D eigenvalue weighted by Crippen LogP contribution is 2.22. The largest absolute Gasteiger partial charge is 0.422 e. The number of hydrogen-bond acceptors (Lipinski definition) is 4. The van der Waals surface area contributed by atoms with E-state index < -0.39 is 5.63 Å². The van der Waals surface area contributed by atoms with Gasteiger partial charge in [0.2, 0.25) is 0 Å². The van der Waals surface area contributed by atoms with Crippen molar-refractivity contribution < 1.29 is 4.42 Å². The Morgan fingerprint density at radius 1 is 1.00 bits per heavy atom. The van der Waals surface area contributed by atoms with Gasteiger partial charge in [-0.1, -0.05) is 34.1 Å². The number of fused-ring (bicyclic) bond motifs is 2. The summed E-state index contributed by atoms with van der Waals surface area (Å²) in [6.45, 7) is 0. The summed E-state index contributed by atoms with van der Waals surface area (Å²) in [7, 11) is 0. The zero-order chi connectivity index (χ0) is 15.1. The monoisotopic (exact) mass is 352 g/mol. The third-order valence-electron chi connectivity index (χ3n) is 3.42. The minimum atomic E-state index is -0.414. The predicted octanol–water partition coefficient (Wildman–Crippen LogP) is 4.17. The zero-order valence-electron chi connectivity index (χ0n) is 11.3. The van der Waals surface area contributed by atoms with Gasteiger partial charge in [0.15, 0.2) is 0 Å². The van der Waals surface area contributed by atoms with Crippen molar-refractivity contribution in [3.05, 3.63) is 69.6 Å². The SMILES string of the molecule is O=c1oc2ccccc2cc1-c1cnc2ccc(Br)cc2n1. The lowest BCUT2D eigenvalue weighted by Gasteiger charge is -2.03. The molecule has 0 spiro atoms. The summed E-state index contributed by atoms with van der Waals surface area (Å²) in [5, 5.41) is 0.855. The predicted molar refractivity (Wildman–Crippen MR) is 88.7 cm³/mol. The van der Waals surface area contributed by atoms with E-state index in [4.69, 9.17) is 4.42 Å². The Morgan fingerprint density at radius 3 is 2.77 bits per heavy atom. The Kier molecular flexibility index (Phi) is 3.01. The molecule has 0 atom stereocenters. The minimum Gasteiger partial charge on any atom is -0.422 e. The van der Waals surface area contributed by atoms with E-state index in [2.05, 4.69) is 25.9 Å². The van der Waals surface area contributed by atoms with Crippen LogP contribution in [0.5, 0.6) is 0 Å². The molecule has 0 N–H and O–H groups in total. The maximum absolute atomic E-state index is 12.2. The van der Waals surface area contributed by atoms with Gasteiger partial charge >= 0.3 is 5.63 Å². The average Bonchev–Trinajstić information content (AvgIpc) is 2.53. The van der Waals surface area contributed by atoms with Gasteiger partial charge in [0.1, 0.15) is 5.58 Å². The number of benzene rings is 2. The van der Waals surface area contributed by atoms with Crippen LogP contribution in [0.1, 0.15) is 0 Å². The minimum absolute atomic E-state index is 0.410. The summed E-state index contributed by atoms with van der Waals surface area (Å²) < 4.78 is 6.26. The molecule has 0 amide bonds. The molecule has 0 bridgehead atoms. The topological polar surface area (TPSA) is 56.0 Å². The van der Waals surface area contributed by atoms with Gasteiger partial charge in [0, 0.05) is 9.86 Å². The van der Waals surface area contributed by atoms with Gasteiger partial charge in [-0.15, -0.1) is 0 Å². The van der Waals surface area contributed by atoms with Crippen molar-refractivity contribution in [2.45, 2.75) is 0 Å². The molecule has 106 valence electrons. The fourth-order valence-electron chi connectivity index (χ4n) is 2.35. The van der Waals surface area contributed by atoms with E-state index in [0.717, 1.165) is 20.9 Å². The van der Waals surface area contributed by atoms with Crippen molar-refractivity contribution in [3.8, 4) is 11.3 Å². The molecule has 22 heavy (non-hydrogen) atoms. The molecule has 0 radical (unpaired) electrons. The number of rotatable bonds is 1. The van der Waals surface area contributed by atoms with Crippen LogP contribution in [0.25, 0.3) is 33.3 Å². The first-order valence-electron chi connectivity index (χ1n) is 6.66. The standard InChI is InChI=1S/C17H9BrN2O2/c18-11-5-6-13-14(8-11)20-15(9-19-13)12-7-10-3-1-2-4-16(10)22-17(12)21/h1-9H. The van der Waals surface area contributed by atoms with Crippen LogP contribution in [0.2, 0.25) is 0 Å². The molecule has 2 aromatic heterocycles. The molecule has 0 unspecified atom stereocenters. The van der Waals surface area contributed by atoms with E-state index in [9.17, 15) is 4.79 Å². The van der Waals surface area contributed by atoms with E-state index in [1.165, 1.54) is 0 Å². The van der Waals surface area contributed by atoms with Gasteiger partial charge in [-0.3, -0.25) is 4.98 Å². The molecule has 4 rings (SSSR count). The summed E-state index contributed by atoms with van der Waals surface area (Å²) in [4.78, 5) is 21.1. The van der Waals surface area contributed by atoms with Crippen molar-refractivity contribution >= 4 is 37.9 Å². The van der Waals surface area contributed by atoms with Gasteiger partial charge in [0.25, 0.3) is 0 Å². The first-order valence-corrected chi connectivity index (χ1v) is 7.45. The lowest BCUT2D eigenvalue weighted by molar-refractivity contribution is 0.563. The van der Waals surface area contributed by atoms with Crippen LogP contribution < -0.4 is 5.63 Å². The molecule has 0 saturated heterocycles. The van der Waals surface area contributed by atoms with Crippen LogP contribution in [0, 0.1) is 0 Å². The highest BCUT2D eigenvalue weighted by molar-refractivity contribution is 9.10. The van der Waals surface area contributed by atoms with Crippen LogP contribution in [0.3, 0.4) is 0 Å². The molecule has 0 aliphatic rings. The highest BCUT2D eigenvalue weighted by Gasteiger charge is 2.10. The van der Waals surface area contributed by atoms with Gasteiger partial charge in [-0.2, -0.15) is 0 Å². The highest BCUT2D eigenvalue weighted by atomic mass is 79.9. The van der Waals surface area contributed by atoms with Gasteiger partial charge in [-0.25, -0.2) is 9.78 Å². The van der Waals surface area contributed by atoms with Gasteiger partial charge in [-0.05, 0) is 30.3 Å². The van der Waals surface area contributed by atoms with Crippen molar-refractivity contribution in [1.29, 1.82) is 0 Å². The lowest BCUT2D eigenvalue weighted by atomic mass is 10.1. The number of halogens is 1. The van der Waals surface area contributed by atoms with E-state index in [0.29, 0.717) is 16.8 Å². The van der Waals surface area contributed by atoms with Crippen LogP contribution in [0.15, 0.2) is 68.4 Å². The van der Waals surface area contributed by atoms with Gasteiger partial charge < -0.3 is 4.42 Å². The molecule has 4 aromatic rings. The summed E-state index contributed by atoms with van der Waals surface area (Å²) in [5.74, 6) is 0. The Morgan fingerprint density at radius 2 is 1.86 bits per heavy atom. The summed E-state index contributed by atoms with van der Waals surface area (Å²) in [6.07, 6.45) is 1.59. The number of nitrogens with zero attached hydrogens (tertiary/aromatic N) is 2. The van der Waals surface area contributed by atoms with E-state index in [1.807, 2.05) is 36.4 Å². The normalized spacial score (nSPS) is 11.1. The Hall–Kier alpha value is -2.53. The van der Waals surface area contributed by atoms with E-state index in [1.54, 1.807) is 18.3 Å². The summed E-state index contributed by atoms with van der Waals surface area (Å²) in [6, 6.07) is 14.8. The first kappa shape index (κ1) is 13.2. The molecular formula is C17H9BrN2O2. The fraction of sp³-hybridized carbons (Fsp3) is 0. The smallest absolute Gasteiger partial charge is 0.345 e. The van der Waals surface area contributed by atoms with Crippen LogP contribution in [0.4, 0.5) is 0 Å². The quantitative estimate of drug-likeness (QED) is 0.482. The molecule has 0 aliphatic carbocycles. The lowest BCUT2D eigenvalue weighted by Crippen LogP contribution is -2.04. The molecule has 4 nitrogen and oxygen atoms in total. The third kappa shape index (κ3) is 2.19. The Labute approximate surface area is 133 Å². The second kappa shape index (κ2) is 5.03. The Bertz CT molecular complexity index is 1070. The van der Waals surface area contributed by atoms with Crippen LogP contribution in [-0.4, -0.2) is 9.97 Å². The van der Waals surface area contributed by atoms with Crippen LogP contribution >= 0.6 is 15.9 Å². The van der Waals surface area contributed by atoms with Crippen molar-refractivity contribution in [3.63, 3.8) is 0 Å². The average molecular weight is 353 g/mol. The second-order valence-electron chi connectivity index (χ2n) is 4.87. The number of hydrogen-bond donors (Lipinski definition) is 0. The number of aromatic nitrogens is 2. The van der Waals surface area contributed by atoms with Crippen molar-refractivity contribution in [2.75, 3.05) is 0 Å². The summed E-state index contributed by atoms with van der Waals surface area (Å²) >= 11 is 3.41. The first-order chi connectivity index (χ1) is 10.7. The molecule has 0 aliphatic heterocycles. The molecular weight excluding hydrogens is 344 g/mol. The maximum Gasteiger partial charge on any atom is 0.345 e. The molecule has 0 saturated carbocycles. The molecule has 2 aromatic carbocycles. The van der Waals surface area contributed by atoms with Crippen LogP contribution in [-0.2, 0) is 0 Å². The van der Waals surface area contributed by atoms with Crippen molar-refractivity contribution in [1.82, 2.24) is 9.97 Å².